The zero-order chi connectivity index (χ0) is 23.5. The van der Waals surface area contributed by atoms with E-state index >= 15 is 0 Å². The van der Waals surface area contributed by atoms with Crippen molar-refractivity contribution in [2.45, 2.75) is 6.61 Å². The zero-order valence-electron chi connectivity index (χ0n) is 18.0. The number of anilines is 1. The lowest BCUT2D eigenvalue weighted by Gasteiger charge is -2.07. The number of thiazole rings is 1. The van der Waals surface area contributed by atoms with Crippen LogP contribution in [0.5, 0.6) is 5.75 Å². The van der Waals surface area contributed by atoms with E-state index in [2.05, 4.69) is 15.3 Å². The predicted molar refractivity (Wildman–Crippen MR) is 128 cm³/mol. The number of para-hydroxylation sites is 2. The summed E-state index contributed by atoms with van der Waals surface area (Å²) in [5.41, 5.74) is 2.90. The number of nitrogens with one attached hydrogen (secondary N) is 2. The fraction of sp³-hybridized carbons (Fsp3) is 0.0800. The van der Waals surface area contributed by atoms with Crippen LogP contribution in [0.2, 0.25) is 0 Å². The number of benzene rings is 2. The molecule has 0 aliphatic heterocycles. The first kappa shape index (κ1) is 21.5. The number of ether oxygens (including phenoxy) is 2. The fourth-order valence-electron chi connectivity index (χ4n) is 3.49. The van der Waals surface area contributed by atoms with Crippen LogP contribution in [0.3, 0.4) is 0 Å². The molecule has 1 amide bonds. The second-order valence-corrected chi connectivity index (χ2v) is 8.15. The van der Waals surface area contributed by atoms with Gasteiger partial charge in [0.1, 0.15) is 23.6 Å². The highest BCUT2D eigenvalue weighted by Crippen LogP contribution is 2.30. The third-order valence-corrected chi connectivity index (χ3v) is 5.90. The van der Waals surface area contributed by atoms with Crippen LogP contribution in [-0.4, -0.2) is 29.0 Å². The molecule has 0 spiro atoms. The molecule has 0 aliphatic rings. The van der Waals surface area contributed by atoms with Crippen LogP contribution in [-0.2, 0) is 11.3 Å². The fourth-order valence-corrected chi connectivity index (χ4v) is 4.20. The number of methoxy groups -OCH3 is 1. The number of aromatic nitrogens is 2. The number of carbonyl (C=O) groups is 2. The van der Waals surface area contributed by atoms with E-state index < -0.39 is 11.9 Å². The number of hydrogen-bond donors (Lipinski definition) is 2. The number of carbonyl (C=O) groups excluding carboxylic acids is 2. The number of hydrogen-bond acceptors (Lipinski definition) is 7. The summed E-state index contributed by atoms with van der Waals surface area (Å²) in [4.78, 5) is 32.1. The minimum absolute atomic E-state index is 0.170. The van der Waals surface area contributed by atoms with Crippen LogP contribution >= 0.6 is 11.3 Å². The summed E-state index contributed by atoms with van der Waals surface area (Å²) in [5.74, 6) is -0.0248. The lowest BCUT2D eigenvalue weighted by atomic mass is 10.1. The van der Waals surface area contributed by atoms with Crippen molar-refractivity contribution < 1.29 is 23.5 Å². The standard InChI is InChI=1S/C25H19N3O5S/c1-31-24(30)19-11-15(12-26-19)20-14-34-25(27-20)28-23(29)22-18(13-32-16-7-3-2-4-8-16)17-9-5-6-10-21(17)33-22/h2-12,14,26H,13H2,1H3,(H,27,28,29). The third-order valence-electron chi connectivity index (χ3n) is 5.14. The van der Waals surface area contributed by atoms with E-state index in [0.717, 1.165) is 5.39 Å². The Morgan fingerprint density at radius 3 is 2.74 bits per heavy atom. The van der Waals surface area contributed by atoms with Gasteiger partial charge in [0.15, 0.2) is 10.9 Å². The summed E-state index contributed by atoms with van der Waals surface area (Å²) < 4.78 is 16.5. The summed E-state index contributed by atoms with van der Waals surface area (Å²) in [5, 5.41) is 5.81. The van der Waals surface area contributed by atoms with E-state index in [1.165, 1.54) is 18.4 Å². The van der Waals surface area contributed by atoms with E-state index in [-0.39, 0.29) is 12.4 Å². The van der Waals surface area contributed by atoms with Crippen molar-refractivity contribution >= 4 is 39.3 Å². The van der Waals surface area contributed by atoms with E-state index in [1.54, 1.807) is 17.6 Å². The highest BCUT2D eigenvalue weighted by atomic mass is 32.1. The number of aromatic amines is 1. The number of rotatable bonds is 7. The smallest absolute Gasteiger partial charge is 0.354 e. The summed E-state index contributed by atoms with van der Waals surface area (Å²) >= 11 is 1.27. The van der Waals surface area contributed by atoms with Crippen molar-refractivity contribution in [2.24, 2.45) is 0 Å². The molecule has 8 nitrogen and oxygen atoms in total. The molecule has 0 unspecified atom stereocenters. The van der Waals surface area contributed by atoms with Gasteiger partial charge in [-0.05, 0) is 24.3 Å². The van der Waals surface area contributed by atoms with Crippen LogP contribution in [0.25, 0.3) is 22.2 Å². The van der Waals surface area contributed by atoms with Crippen LogP contribution in [0.4, 0.5) is 5.13 Å². The van der Waals surface area contributed by atoms with E-state index in [4.69, 9.17) is 13.9 Å². The van der Waals surface area contributed by atoms with Crippen molar-refractivity contribution in [3.8, 4) is 17.0 Å². The molecule has 0 saturated carbocycles. The van der Waals surface area contributed by atoms with Gasteiger partial charge in [-0.3, -0.25) is 10.1 Å². The minimum Gasteiger partial charge on any atom is -0.489 e. The molecule has 0 saturated heterocycles. The Balaban J connectivity index is 1.38. The largest absolute Gasteiger partial charge is 0.489 e. The first-order valence-corrected chi connectivity index (χ1v) is 11.2. The summed E-state index contributed by atoms with van der Waals surface area (Å²) in [7, 11) is 1.32. The van der Waals surface area contributed by atoms with Crippen LogP contribution in [0.15, 0.2) is 76.7 Å². The molecule has 9 heteroatoms. The van der Waals surface area contributed by atoms with Gasteiger partial charge in [-0.2, -0.15) is 0 Å². The number of esters is 1. The Morgan fingerprint density at radius 2 is 1.91 bits per heavy atom. The molecule has 5 aromatic rings. The zero-order valence-corrected chi connectivity index (χ0v) is 18.8. The Labute approximate surface area is 198 Å². The molecule has 34 heavy (non-hydrogen) atoms. The van der Waals surface area contributed by atoms with Gasteiger partial charge in [-0.15, -0.1) is 11.3 Å². The molecule has 3 heterocycles. The minimum atomic E-state index is -0.467. The second-order valence-electron chi connectivity index (χ2n) is 7.29. The Bertz CT molecular complexity index is 1470. The van der Waals surface area contributed by atoms with Gasteiger partial charge in [0.25, 0.3) is 5.91 Å². The van der Waals surface area contributed by atoms with Crippen LogP contribution in [0, 0.1) is 0 Å². The maximum Gasteiger partial charge on any atom is 0.354 e. The van der Waals surface area contributed by atoms with Crippen molar-refractivity contribution in [2.75, 3.05) is 12.4 Å². The quantitative estimate of drug-likeness (QED) is 0.302. The monoisotopic (exact) mass is 473 g/mol. The number of amides is 1. The maximum absolute atomic E-state index is 13.1. The molecular weight excluding hydrogens is 454 g/mol. The number of fused-ring (bicyclic) bond motifs is 1. The van der Waals surface area contributed by atoms with Gasteiger partial charge in [-0.25, -0.2) is 9.78 Å². The molecule has 170 valence electrons. The lowest BCUT2D eigenvalue weighted by molar-refractivity contribution is 0.0594. The first-order valence-electron chi connectivity index (χ1n) is 10.3. The summed E-state index contributed by atoms with van der Waals surface area (Å²) in [6.45, 7) is 0.173. The number of H-pyrrole nitrogens is 1. The molecule has 2 N–H and O–H groups in total. The average Bonchev–Trinajstić information content (AvgIpc) is 3.61. The molecule has 2 aromatic carbocycles. The lowest BCUT2D eigenvalue weighted by Crippen LogP contribution is -2.13. The van der Waals surface area contributed by atoms with Crippen molar-refractivity contribution in [3.63, 3.8) is 0 Å². The topological polar surface area (TPSA) is 106 Å². The SMILES string of the molecule is COC(=O)c1cc(-c2csc(NC(=O)c3oc4ccccc4c3COc3ccccc3)n2)c[nH]1. The molecule has 0 aliphatic carbocycles. The molecule has 0 atom stereocenters. The molecule has 0 fully saturated rings. The number of furan rings is 1. The summed E-state index contributed by atoms with van der Waals surface area (Å²) in [6, 6.07) is 18.5. The second kappa shape index (κ2) is 9.24. The highest BCUT2D eigenvalue weighted by molar-refractivity contribution is 7.14. The van der Waals surface area contributed by atoms with Crippen molar-refractivity contribution in [1.29, 1.82) is 0 Å². The van der Waals surface area contributed by atoms with E-state index in [0.29, 0.717) is 39.0 Å². The Kier molecular flexibility index (Phi) is 5.84. The van der Waals surface area contributed by atoms with Crippen molar-refractivity contribution in [1.82, 2.24) is 9.97 Å². The van der Waals surface area contributed by atoms with Gasteiger partial charge in [0.05, 0.1) is 12.8 Å². The molecule has 0 bridgehead atoms. The Morgan fingerprint density at radius 1 is 1.12 bits per heavy atom. The highest BCUT2D eigenvalue weighted by Gasteiger charge is 2.22. The van der Waals surface area contributed by atoms with Gasteiger partial charge >= 0.3 is 5.97 Å². The van der Waals surface area contributed by atoms with Crippen molar-refractivity contribution in [3.05, 3.63) is 89.3 Å². The average molecular weight is 474 g/mol. The first-order chi connectivity index (χ1) is 16.6. The molecule has 5 rings (SSSR count). The van der Waals surface area contributed by atoms with Gasteiger partial charge < -0.3 is 18.9 Å². The van der Waals surface area contributed by atoms with Crippen LogP contribution in [0.1, 0.15) is 26.6 Å². The maximum atomic E-state index is 13.1. The Hall–Kier alpha value is -4.37. The number of nitrogens with zero attached hydrogens (tertiary/aromatic N) is 1. The van der Waals surface area contributed by atoms with Gasteiger partial charge in [-0.1, -0.05) is 36.4 Å². The summed E-state index contributed by atoms with van der Waals surface area (Å²) in [6.07, 6.45) is 1.66. The van der Waals surface area contributed by atoms with Crippen LogP contribution < -0.4 is 10.1 Å². The van der Waals surface area contributed by atoms with Gasteiger partial charge in [0.2, 0.25) is 0 Å². The van der Waals surface area contributed by atoms with E-state index in [9.17, 15) is 9.59 Å². The molecular formula is C25H19N3O5S. The van der Waals surface area contributed by atoms with Gasteiger partial charge in [0, 0.05) is 28.1 Å². The molecule has 3 aromatic heterocycles. The molecule has 0 radical (unpaired) electrons. The normalized spacial score (nSPS) is 10.9. The predicted octanol–water partition coefficient (Wildman–Crippen LogP) is 5.50. The third kappa shape index (κ3) is 4.28. The van der Waals surface area contributed by atoms with E-state index in [1.807, 2.05) is 54.6 Å².